The van der Waals surface area contributed by atoms with Crippen molar-refractivity contribution < 1.29 is 9.59 Å². The average molecular weight is 169 g/mol. The summed E-state index contributed by atoms with van der Waals surface area (Å²) in [6.07, 6.45) is 3.67. The zero-order chi connectivity index (χ0) is 9.19. The monoisotopic (exact) mass is 169 g/mol. The van der Waals surface area contributed by atoms with Crippen molar-refractivity contribution >= 4 is 12.1 Å². The van der Waals surface area contributed by atoms with E-state index >= 15 is 0 Å². The first kappa shape index (κ1) is 9.39. The summed E-state index contributed by atoms with van der Waals surface area (Å²) >= 11 is 0. The molecule has 1 saturated carbocycles. The Labute approximate surface area is 72.3 Å². The lowest BCUT2D eigenvalue weighted by Crippen LogP contribution is -2.45. The summed E-state index contributed by atoms with van der Waals surface area (Å²) in [6, 6.07) is 0. The van der Waals surface area contributed by atoms with E-state index in [0.29, 0.717) is 12.8 Å². The summed E-state index contributed by atoms with van der Waals surface area (Å²) < 4.78 is 0. The van der Waals surface area contributed by atoms with Crippen molar-refractivity contribution in [1.29, 1.82) is 0 Å². The van der Waals surface area contributed by atoms with Crippen molar-refractivity contribution in [3.8, 4) is 0 Å². The van der Waals surface area contributed by atoms with Crippen LogP contribution in [0.4, 0.5) is 0 Å². The molecule has 1 aliphatic rings. The Balaban J connectivity index is 2.49. The highest BCUT2D eigenvalue weighted by atomic mass is 16.1. The minimum Gasteiger partial charge on any atom is -0.319 e. The highest BCUT2D eigenvalue weighted by Gasteiger charge is 2.32. The predicted molar refractivity (Wildman–Crippen MR) is 45.6 cm³/mol. The molecule has 0 radical (unpaired) electrons. The fourth-order valence-electron chi connectivity index (χ4n) is 1.68. The molecule has 0 bridgehead atoms. The number of hydrogen-bond donors (Lipinski definition) is 1. The Morgan fingerprint density at radius 3 is 2.33 bits per heavy atom. The van der Waals surface area contributed by atoms with Crippen LogP contribution >= 0.6 is 0 Å². The van der Waals surface area contributed by atoms with Gasteiger partial charge in [-0.2, -0.15) is 0 Å². The zero-order valence-electron chi connectivity index (χ0n) is 7.38. The van der Waals surface area contributed by atoms with Gasteiger partial charge in [-0.15, -0.1) is 0 Å². The van der Waals surface area contributed by atoms with Gasteiger partial charge in [0, 0.05) is 5.92 Å². The van der Waals surface area contributed by atoms with Crippen LogP contribution in [-0.2, 0) is 9.59 Å². The minimum atomic E-state index is -0.647. The van der Waals surface area contributed by atoms with Gasteiger partial charge in [-0.1, -0.05) is 0 Å². The smallest absolute Gasteiger partial charge is 0.139 e. The van der Waals surface area contributed by atoms with E-state index < -0.39 is 5.54 Å². The molecular weight excluding hydrogens is 154 g/mol. The van der Waals surface area contributed by atoms with Gasteiger partial charge in [0.05, 0.1) is 5.54 Å². The molecular formula is C9H15NO2. The molecule has 0 amide bonds. The van der Waals surface area contributed by atoms with Crippen LogP contribution < -0.4 is 5.73 Å². The standard InChI is InChI=1S/C9H15NO2/c1-7(12)8-2-4-9(10,6-11)5-3-8/h6,8H,2-5,10H2,1H3. The van der Waals surface area contributed by atoms with E-state index in [9.17, 15) is 9.59 Å². The van der Waals surface area contributed by atoms with Gasteiger partial charge in [-0.25, -0.2) is 0 Å². The minimum absolute atomic E-state index is 0.140. The number of rotatable bonds is 2. The van der Waals surface area contributed by atoms with Crippen LogP contribution in [0.3, 0.4) is 0 Å². The van der Waals surface area contributed by atoms with Crippen LogP contribution in [0.25, 0.3) is 0 Å². The first-order valence-electron chi connectivity index (χ1n) is 4.33. The van der Waals surface area contributed by atoms with E-state index in [1.807, 2.05) is 0 Å². The molecule has 1 aliphatic carbocycles. The van der Waals surface area contributed by atoms with Crippen molar-refractivity contribution in [3.05, 3.63) is 0 Å². The van der Waals surface area contributed by atoms with Crippen LogP contribution in [0.15, 0.2) is 0 Å². The molecule has 0 aromatic carbocycles. The lowest BCUT2D eigenvalue weighted by Gasteiger charge is -2.31. The molecule has 68 valence electrons. The maximum absolute atomic E-state index is 11.0. The average Bonchev–Trinajstić information content (AvgIpc) is 2.05. The molecule has 1 fully saturated rings. The lowest BCUT2D eigenvalue weighted by molar-refractivity contribution is -0.123. The van der Waals surface area contributed by atoms with Gasteiger partial charge in [0.15, 0.2) is 0 Å². The maximum Gasteiger partial charge on any atom is 0.139 e. The van der Waals surface area contributed by atoms with E-state index in [1.165, 1.54) is 0 Å². The van der Waals surface area contributed by atoms with Gasteiger partial charge in [0.2, 0.25) is 0 Å². The van der Waals surface area contributed by atoms with Gasteiger partial charge in [-0.05, 0) is 32.6 Å². The fraction of sp³-hybridized carbons (Fsp3) is 0.778. The molecule has 2 N–H and O–H groups in total. The molecule has 1 rings (SSSR count). The summed E-state index contributed by atoms with van der Waals surface area (Å²) in [7, 11) is 0. The Hall–Kier alpha value is -0.700. The molecule has 0 aromatic rings. The molecule has 0 spiro atoms. The largest absolute Gasteiger partial charge is 0.319 e. The summed E-state index contributed by atoms with van der Waals surface area (Å²) in [6.45, 7) is 1.61. The zero-order valence-corrected chi connectivity index (χ0v) is 7.38. The highest BCUT2D eigenvalue weighted by Crippen LogP contribution is 2.29. The quantitative estimate of drug-likeness (QED) is 0.618. The number of nitrogens with two attached hydrogens (primary N) is 1. The van der Waals surface area contributed by atoms with E-state index in [0.717, 1.165) is 19.1 Å². The Morgan fingerprint density at radius 2 is 2.00 bits per heavy atom. The SMILES string of the molecule is CC(=O)C1CCC(N)(C=O)CC1. The number of Topliss-reactive ketones (excluding diaryl/α,β-unsaturated/α-hetero) is 1. The van der Waals surface area contributed by atoms with E-state index in [4.69, 9.17) is 5.73 Å². The number of carbonyl (C=O) groups excluding carboxylic acids is 2. The summed E-state index contributed by atoms with van der Waals surface area (Å²) in [4.78, 5) is 21.5. The summed E-state index contributed by atoms with van der Waals surface area (Å²) in [5.74, 6) is 0.365. The number of carbonyl (C=O) groups is 2. The van der Waals surface area contributed by atoms with E-state index in [-0.39, 0.29) is 11.7 Å². The first-order chi connectivity index (χ1) is 5.57. The van der Waals surface area contributed by atoms with Crippen molar-refractivity contribution in [2.75, 3.05) is 0 Å². The van der Waals surface area contributed by atoms with Crippen molar-refractivity contribution in [2.24, 2.45) is 11.7 Å². The fourth-order valence-corrected chi connectivity index (χ4v) is 1.68. The molecule has 0 saturated heterocycles. The van der Waals surface area contributed by atoms with E-state index in [1.54, 1.807) is 6.92 Å². The first-order valence-corrected chi connectivity index (χ1v) is 4.33. The third kappa shape index (κ3) is 1.91. The molecule has 0 aromatic heterocycles. The topological polar surface area (TPSA) is 60.2 Å². The third-order valence-electron chi connectivity index (χ3n) is 2.73. The maximum atomic E-state index is 11.0. The van der Waals surface area contributed by atoms with Gasteiger partial charge < -0.3 is 10.5 Å². The highest BCUT2D eigenvalue weighted by molar-refractivity contribution is 5.78. The van der Waals surface area contributed by atoms with Crippen LogP contribution in [-0.4, -0.2) is 17.6 Å². The Kier molecular flexibility index (Phi) is 2.62. The molecule has 3 heteroatoms. The number of hydrogen-bond acceptors (Lipinski definition) is 3. The van der Waals surface area contributed by atoms with Crippen LogP contribution in [0.2, 0.25) is 0 Å². The molecule has 3 nitrogen and oxygen atoms in total. The lowest BCUT2D eigenvalue weighted by atomic mass is 9.77. The van der Waals surface area contributed by atoms with Crippen molar-refractivity contribution in [2.45, 2.75) is 38.1 Å². The van der Waals surface area contributed by atoms with Crippen LogP contribution in [0.5, 0.6) is 0 Å². The van der Waals surface area contributed by atoms with Crippen molar-refractivity contribution in [3.63, 3.8) is 0 Å². The molecule has 0 aliphatic heterocycles. The molecule has 0 atom stereocenters. The summed E-state index contributed by atoms with van der Waals surface area (Å²) in [5, 5.41) is 0. The Morgan fingerprint density at radius 1 is 1.50 bits per heavy atom. The third-order valence-corrected chi connectivity index (χ3v) is 2.73. The van der Waals surface area contributed by atoms with Gasteiger partial charge in [-0.3, -0.25) is 4.79 Å². The Bertz CT molecular complexity index is 193. The number of aldehydes is 1. The summed E-state index contributed by atoms with van der Waals surface area (Å²) in [5.41, 5.74) is 5.09. The van der Waals surface area contributed by atoms with Gasteiger partial charge in [0.1, 0.15) is 12.1 Å². The molecule has 0 unspecified atom stereocenters. The van der Waals surface area contributed by atoms with Gasteiger partial charge in [0.25, 0.3) is 0 Å². The van der Waals surface area contributed by atoms with Crippen LogP contribution in [0.1, 0.15) is 32.6 Å². The normalized spacial score (nSPS) is 36.0. The van der Waals surface area contributed by atoms with Gasteiger partial charge >= 0.3 is 0 Å². The predicted octanol–water partition coefficient (Wildman–Crippen LogP) is 0.662. The van der Waals surface area contributed by atoms with Crippen LogP contribution in [0, 0.1) is 5.92 Å². The molecule has 12 heavy (non-hydrogen) atoms. The second kappa shape index (κ2) is 3.35. The second-order valence-corrected chi connectivity index (χ2v) is 3.74. The van der Waals surface area contributed by atoms with E-state index in [2.05, 4.69) is 0 Å². The number of ketones is 1. The molecule has 0 heterocycles. The second-order valence-electron chi connectivity index (χ2n) is 3.74. The van der Waals surface area contributed by atoms with Crippen molar-refractivity contribution in [1.82, 2.24) is 0 Å².